The highest BCUT2D eigenvalue weighted by Gasteiger charge is 2.21. The lowest BCUT2D eigenvalue weighted by molar-refractivity contribution is -0.384. The van der Waals surface area contributed by atoms with Crippen LogP contribution in [0.1, 0.15) is 5.56 Å². The van der Waals surface area contributed by atoms with Crippen molar-refractivity contribution >= 4 is 38.0 Å². The Labute approximate surface area is 118 Å². The molecule has 0 aliphatic heterocycles. The predicted octanol–water partition coefficient (Wildman–Crippen LogP) is 2.07. The van der Waals surface area contributed by atoms with Crippen molar-refractivity contribution in [3.05, 3.63) is 39.0 Å². The molecule has 0 aliphatic carbocycles. The van der Waals surface area contributed by atoms with E-state index >= 15 is 0 Å². The quantitative estimate of drug-likeness (QED) is 0.619. The predicted molar refractivity (Wildman–Crippen MR) is 71.2 cm³/mol. The zero-order valence-electron chi connectivity index (χ0n) is 9.99. The molecule has 0 amide bonds. The van der Waals surface area contributed by atoms with Crippen LogP contribution in [0.15, 0.2) is 23.2 Å². The topological polar surface area (TPSA) is 114 Å². The van der Waals surface area contributed by atoms with E-state index in [4.69, 9.17) is 16.9 Å². The van der Waals surface area contributed by atoms with Gasteiger partial charge in [0, 0.05) is 30.0 Å². The van der Waals surface area contributed by atoms with Crippen LogP contribution in [0, 0.1) is 21.4 Å². The normalized spacial score (nSPS) is 11.2. The molecule has 102 valence electrons. The molecular formula is C11H6ClN3O4S. The number of nitrogens with zero attached hydrogens (tertiary/aromatic N) is 3. The van der Waals surface area contributed by atoms with Gasteiger partial charge < -0.3 is 0 Å². The number of rotatable bonds is 2. The monoisotopic (exact) mass is 311 g/mol. The number of aromatic nitrogens is 1. The van der Waals surface area contributed by atoms with E-state index in [0.29, 0.717) is 0 Å². The molecule has 1 aromatic heterocycles. The average molecular weight is 312 g/mol. The van der Waals surface area contributed by atoms with Crippen LogP contribution < -0.4 is 0 Å². The van der Waals surface area contributed by atoms with E-state index in [1.807, 2.05) is 0 Å². The number of pyridine rings is 1. The van der Waals surface area contributed by atoms with E-state index in [0.717, 1.165) is 24.6 Å². The number of benzene rings is 1. The zero-order valence-corrected chi connectivity index (χ0v) is 11.6. The molecule has 0 radical (unpaired) electrons. The van der Waals surface area contributed by atoms with Gasteiger partial charge in [0.25, 0.3) is 5.69 Å². The smallest absolute Gasteiger partial charge is 0.258 e. The first-order valence-electron chi connectivity index (χ1n) is 5.12. The van der Waals surface area contributed by atoms with Crippen LogP contribution in [0.25, 0.3) is 10.9 Å². The van der Waals surface area contributed by atoms with Crippen LogP contribution in [0.2, 0.25) is 5.02 Å². The molecule has 0 saturated carbocycles. The Hall–Kier alpha value is -2.24. The van der Waals surface area contributed by atoms with Crippen molar-refractivity contribution in [2.45, 2.75) is 4.90 Å². The fourth-order valence-corrected chi connectivity index (χ4v) is 2.77. The van der Waals surface area contributed by atoms with Crippen LogP contribution in [0.5, 0.6) is 0 Å². The molecule has 0 aliphatic rings. The van der Waals surface area contributed by atoms with Crippen molar-refractivity contribution in [3.63, 3.8) is 0 Å². The highest BCUT2D eigenvalue weighted by molar-refractivity contribution is 7.91. The molecule has 0 spiro atoms. The molecule has 2 rings (SSSR count). The van der Waals surface area contributed by atoms with E-state index < -0.39 is 20.4 Å². The number of halogens is 1. The summed E-state index contributed by atoms with van der Waals surface area (Å²) in [4.78, 5) is 13.7. The third-order valence-corrected chi connectivity index (χ3v) is 4.10. The number of hydrogen-bond donors (Lipinski definition) is 0. The van der Waals surface area contributed by atoms with Gasteiger partial charge >= 0.3 is 0 Å². The third-order valence-electron chi connectivity index (χ3n) is 2.59. The molecule has 0 unspecified atom stereocenters. The number of non-ortho nitro benzene ring substituents is 1. The maximum absolute atomic E-state index is 11.7. The lowest BCUT2D eigenvalue weighted by Gasteiger charge is -2.06. The van der Waals surface area contributed by atoms with Crippen molar-refractivity contribution in [2.24, 2.45) is 0 Å². The first-order chi connectivity index (χ1) is 9.25. The van der Waals surface area contributed by atoms with Gasteiger partial charge in [-0.1, -0.05) is 11.6 Å². The van der Waals surface area contributed by atoms with Crippen LogP contribution in [-0.2, 0) is 9.84 Å². The molecule has 0 fully saturated rings. The lowest BCUT2D eigenvalue weighted by Crippen LogP contribution is -2.02. The Kier molecular flexibility index (Phi) is 3.33. The molecular weight excluding hydrogens is 306 g/mol. The molecule has 0 N–H and O–H groups in total. The van der Waals surface area contributed by atoms with Crippen molar-refractivity contribution in [1.29, 1.82) is 5.26 Å². The fourth-order valence-electron chi connectivity index (χ4n) is 1.69. The van der Waals surface area contributed by atoms with Gasteiger partial charge in [-0.15, -0.1) is 0 Å². The molecule has 7 nitrogen and oxygen atoms in total. The first kappa shape index (κ1) is 14.2. The number of nitro groups is 1. The van der Waals surface area contributed by atoms with Gasteiger partial charge in [0.1, 0.15) is 6.07 Å². The number of sulfone groups is 1. The Morgan fingerprint density at radius 2 is 2.10 bits per heavy atom. The molecule has 20 heavy (non-hydrogen) atoms. The van der Waals surface area contributed by atoms with Crippen molar-refractivity contribution in [1.82, 2.24) is 4.98 Å². The Balaban J connectivity index is 3.04. The second-order valence-electron chi connectivity index (χ2n) is 3.97. The number of hydrogen-bond acceptors (Lipinski definition) is 6. The standard InChI is InChI=1S/C11H6ClN3O4S/c1-20(18,19)9-3-7(15(16)17)2-8-10(12)6(4-13)5-14-11(8)9/h2-3,5H,1H3. The third kappa shape index (κ3) is 2.29. The molecule has 1 aromatic carbocycles. The maximum atomic E-state index is 11.7. The minimum Gasteiger partial charge on any atom is -0.258 e. The summed E-state index contributed by atoms with van der Waals surface area (Å²) in [5.74, 6) is 0. The van der Waals surface area contributed by atoms with Gasteiger partial charge in [-0.3, -0.25) is 15.1 Å². The second kappa shape index (κ2) is 4.70. The first-order valence-corrected chi connectivity index (χ1v) is 7.39. The minimum absolute atomic E-state index is 0.00194. The Morgan fingerprint density at radius 3 is 2.60 bits per heavy atom. The fraction of sp³-hybridized carbons (Fsp3) is 0.0909. The Bertz CT molecular complexity index is 887. The van der Waals surface area contributed by atoms with Crippen LogP contribution in [0.4, 0.5) is 5.69 Å². The van der Waals surface area contributed by atoms with E-state index in [1.165, 1.54) is 0 Å². The highest BCUT2D eigenvalue weighted by atomic mass is 35.5. The van der Waals surface area contributed by atoms with Crippen molar-refractivity contribution < 1.29 is 13.3 Å². The maximum Gasteiger partial charge on any atom is 0.271 e. The van der Waals surface area contributed by atoms with Crippen LogP contribution in [0.3, 0.4) is 0 Å². The summed E-state index contributed by atoms with van der Waals surface area (Å²) in [6.07, 6.45) is 2.05. The van der Waals surface area contributed by atoms with E-state index in [-0.39, 0.29) is 26.4 Å². The van der Waals surface area contributed by atoms with Gasteiger partial charge in [-0.25, -0.2) is 8.42 Å². The summed E-state index contributed by atoms with van der Waals surface area (Å²) in [5.41, 5.74) is -0.419. The van der Waals surface area contributed by atoms with Gasteiger partial charge in [-0.2, -0.15) is 5.26 Å². The summed E-state index contributed by atoms with van der Waals surface area (Å²) >= 11 is 5.96. The summed E-state index contributed by atoms with van der Waals surface area (Å²) in [6, 6.07) is 3.80. The molecule has 2 aromatic rings. The molecule has 0 saturated heterocycles. The SMILES string of the molecule is CS(=O)(=O)c1cc([N+](=O)[O-])cc2c(Cl)c(C#N)cnc12. The van der Waals surface area contributed by atoms with Crippen molar-refractivity contribution in [3.8, 4) is 6.07 Å². The van der Waals surface area contributed by atoms with Crippen molar-refractivity contribution in [2.75, 3.05) is 6.26 Å². The molecule has 0 atom stereocenters. The molecule has 0 bridgehead atoms. The summed E-state index contributed by atoms with van der Waals surface area (Å²) in [6.45, 7) is 0. The average Bonchev–Trinajstić information content (AvgIpc) is 2.37. The largest absolute Gasteiger partial charge is 0.271 e. The Morgan fingerprint density at radius 1 is 1.45 bits per heavy atom. The number of nitriles is 1. The van der Waals surface area contributed by atoms with Gasteiger partial charge in [0.05, 0.1) is 25.9 Å². The molecule has 9 heteroatoms. The highest BCUT2D eigenvalue weighted by Crippen LogP contribution is 2.33. The minimum atomic E-state index is -3.73. The molecule has 1 heterocycles. The summed E-state index contributed by atoms with van der Waals surface area (Å²) in [7, 11) is -3.73. The van der Waals surface area contributed by atoms with Crippen LogP contribution >= 0.6 is 11.6 Å². The summed E-state index contributed by atoms with van der Waals surface area (Å²) < 4.78 is 23.4. The van der Waals surface area contributed by atoms with Crippen LogP contribution in [-0.4, -0.2) is 24.6 Å². The van der Waals surface area contributed by atoms with E-state index in [1.54, 1.807) is 6.07 Å². The summed E-state index contributed by atoms with van der Waals surface area (Å²) in [5, 5.41) is 19.7. The lowest BCUT2D eigenvalue weighted by atomic mass is 10.1. The van der Waals surface area contributed by atoms with E-state index in [2.05, 4.69) is 4.98 Å². The zero-order chi connectivity index (χ0) is 15.1. The van der Waals surface area contributed by atoms with E-state index in [9.17, 15) is 18.5 Å². The van der Waals surface area contributed by atoms with Gasteiger partial charge in [-0.05, 0) is 0 Å². The van der Waals surface area contributed by atoms with Gasteiger partial charge in [0.2, 0.25) is 0 Å². The number of fused-ring (bicyclic) bond motifs is 1. The second-order valence-corrected chi connectivity index (χ2v) is 6.33. The van der Waals surface area contributed by atoms with Gasteiger partial charge in [0.15, 0.2) is 9.84 Å². The number of nitro benzene ring substituents is 1.